The SMILES string of the molecule is CN1CC[C@@H](Nc2cccc3c(C=C(F)F)n(-c4noc(CNC(=O)c5cnn(C(C)(C)C)c5)n4)nc23)[C@@H](F)C1. The van der Waals surface area contributed by atoms with E-state index in [0.717, 1.165) is 11.2 Å². The van der Waals surface area contributed by atoms with Crippen LogP contribution in [0.15, 0.2) is 41.2 Å². The van der Waals surface area contributed by atoms with E-state index in [9.17, 15) is 18.0 Å². The first-order chi connectivity index (χ1) is 19.0. The summed E-state index contributed by atoms with van der Waals surface area (Å²) < 4.78 is 49.7. The van der Waals surface area contributed by atoms with Crippen molar-refractivity contribution in [1.29, 1.82) is 0 Å². The van der Waals surface area contributed by atoms with Gasteiger partial charge in [0.05, 0.1) is 41.3 Å². The molecule has 4 heterocycles. The summed E-state index contributed by atoms with van der Waals surface area (Å²) in [5.74, 6) is -0.437. The first-order valence-corrected chi connectivity index (χ1v) is 12.8. The van der Waals surface area contributed by atoms with Crippen molar-refractivity contribution in [1.82, 2.24) is 39.9 Å². The zero-order valence-corrected chi connectivity index (χ0v) is 22.5. The van der Waals surface area contributed by atoms with E-state index in [1.165, 1.54) is 6.20 Å². The molecule has 1 fully saturated rings. The summed E-state index contributed by atoms with van der Waals surface area (Å²) in [5.41, 5.74) is 0.976. The highest BCUT2D eigenvalue weighted by molar-refractivity contribution is 5.96. The maximum absolute atomic E-state index is 14.7. The van der Waals surface area contributed by atoms with Crippen molar-refractivity contribution < 1.29 is 22.5 Å². The van der Waals surface area contributed by atoms with E-state index in [1.807, 2.05) is 32.7 Å². The van der Waals surface area contributed by atoms with Crippen LogP contribution in [0, 0.1) is 0 Å². The molecule has 2 atom stereocenters. The molecule has 0 radical (unpaired) electrons. The third-order valence-corrected chi connectivity index (χ3v) is 6.65. The lowest BCUT2D eigenvalue weighted by molar-refractivity contribution is 0.0946. The van der Waals surface area contributed by atoms with Crippen LogP contribution in [-0.4, -0.2) is 72.9 Å². The summed E-state index contributed by atoms with van der Waals surface area (Å²) in [6.45, 7) is 6.81. The normalized spacial score (nSPS) is 18.2. The maximum Gasteiger partial charge on any atom is 0.291 e. The van der Waals surface area contributed by atoms with Crippen LogP contribution in [0.25, 0.3) is 22.9 Å². The Morgan fingerprint density at radius 3 is 2.77 bits per heavy atom. The number of amides is 1. The summed E-state index contributed by atoms with van der Waals surface area (Å²) in [7, 11) is 1.86. The Hall–Kier alpha value is -4.20. The lowest BCUT2D eigenvalue weighted by atomic mass is 10.0. The van der Waals surface area contributed by atoms with Crippen LogP contribution >= 0.6 is 0 Å². The molecule has 0 bridgehead atoms. The fraction of sp³-hybridized carbons (Fsp3) is 0.423. The van der Waals surface area contributed by atoms with Gasteiger partial charge in [-0.15, -0.1) is 0 Å². The molecule has 3 aromatic heterocycles. The minimum absolute atomic E-state index is 0.0322. The van der Waals surface area contributed by atoms with Crippen LogP contribution in [0.2, 0.25) is 0 Å². The average molecular weight is 558 g/mol. The Morgan fingerprint density at radius 2 is 2.08 bits per heavy atom. The van der Waals surface area contributed by atoms with Gasteiger partial charge >= 0.3 is 0 Å². The molecule has 1 saturated heterocycles. The minimum atomic E-state index is -1.94. The number of nitrogens with one attached hydrogen (secondary N) is 2. The van der Waals surface area contributed by atoms with Gasteiger partial charge < -0.3 is 20.1 Å². The van der Waals surface area contributed by atoms with Crippen molar-refractivity contribution in [2.45, 2.75) is 51.5 Å². The summed E-state index contributed by atoms with van der Waals surface area (Å²) in [6.07, 6.45) is 1.30. The highest BCUT2D eigenvalue weighted by atomic mass is 19.3. The highest BCUT2D eigenvalue weighted by Gasteiger charge is 2.28. The first-order valence-electron chi connectivity index (χ1n) is 12.8. The topological polar surface area (TPSA) is 119 Å². The lowest BCUT2D eigenvalue weighted by Crippen LogP contribution is -2.46. The Kier molecular flexibility index (Phi) is 7.36. The molecule has 0 spiro atoms. The third-order valence-electron chi connectivity index (χ3n) is 6.65. The molecule has 0 aliphatic carbocycles. The Morgan fingerprint density at radius 1 is 1.27 bits per heavy atom. The van der Waals surface area contributed by atoms with Crippen molar-refractivity contribution in [3.8, 4) is 5.95 Å². The number of carbonyl (C=O) groups is 1. The summed E-state index contributed by atoms with van der Waals surface area (Å²) >= 11 is 0. The number of likely N-dealkylation sites (tertiary alicyclic amines) is 1. The van der Waals surface area contributed by atoms with Crippen LogP contribution in [-0.2, 0) is 12.1 Å². The predicted octanol–water partition coefficient (Wildman–Crippen LogP) is 3.98. The molecule has 2 N–H and O–H groups in total. The van der Waals surface area contributed by atoms with Crippen molar-refractivity contribution in [2.75, 3.05) is 25.5 Å². The molecule has 0 unspecified atom stereocenters. The molecular weight excluding hydrogens is 527 g/mol. The zero-order chi connectivity index (χ0) is 28.6. The standard InChI is InChI=1S/C26H30F3N9O2/c1-26(2,3)37-13-15(11-31-37)24(39)30-12-22-33-25(35-40-22)38-20(10-21(28)29)16-6-5-7-19(23(16)34-38)32-18-8-9-36(4)14-17(18)27/h5-7,10-11,13,17-18,32H,8-9,12,14H2,1-4H3,(H,30,39)/t17-,18+/m0/s1. The molecule has 1 aliphatic heterocycles. The van der Waals surface area contributed by atoms with E-state index in [1.54, 1.807) is 29.1 Å². The van der Waals surface area contributed by atoms with E-state index < -0.39 is 18.3 Å². The van der Waals surface area contributed by atoms with E-state index in [4.69, 9.17) is 4.52 Å². The quantitative estimate of drug-likeness (QED) is 0.350. The molecule has 212 valence electrons. The van der Waals surface area contributed by atoms with Crippen molar-refractivity contribution in [3.63, 3.8) is 0 Å². The van der Waals surface area contributed by atoms with E-state index in [2.05, 4.69) is 31.0 Å². The number of carbonyl (C=O) groups excluding carboxylic acids is 1. The Balaban J connectivity index is 1.39. The van der Waals surface area contributed by atoms with Gasteiger partial charge in [0.2, 0.25) is 5.89 Å². The number of halogens is 3. The van der Waals surface area contributed by atoms with Crippen LogP contribution < -0.4 is 10.6 Å². The largest absolute Gasteiger partial charge is 0.377 e. The number of piperidine rings is 1. The van der Waals surface area contributed by atoms with Gasteiger partial charge in [0.15, 0.2) is 0 Å². The first kappa shape index (κ1) is 27.4. The van der Waals surface area contributed by atoms with Crippen LogP contribution in [0.3, 0.4) is 0 Å². The van der Waals surface area contributed by atoms with Crippen LogP contribution in [0.4, 0.5) is 18.9 Å². The van der Waals surface area contributed by atoms with Gasteiger partial charge in [-0.2, -0.15) is 28.6 Å². The number of aromatic nitrogens is 6. The number of fused-ring (bicyclic) bond motifs is 1. The molecule has 40 heavy (non-hydrogen) atoms. The number of alkyl halides is 1. The predicted molar refractivity (Wildman–Crippen MR) is 142 cm³/mol. The summed E-state index contributed by atoms with van der Waals surface area (Å²) in [5, 5.41) is 18.9. The number of nitrogens with zero attached hydrogens (tertiary/aromatic N) is 7. The summed E-state index contributed by atoms with van der Waals surface area (Å²) in [6, 6.07) is 4.60. The fourth-order valence-electron chi connectivity index (χ4n) is 4.52. The molecule has 1 amide bonds. The van der Waals surface area contributed by atoms with Gasteiger partial charge in [-0.1, -0.05) is 12.1 Å². The van der Waals surface area contributed by atoms with Gasteiger partial charge in [-0.3, -0.25) is 9.48 Å². The molecule has 1 aromatic carbocycles. The van der Waals surface area contributed by atoms with Gasteiger partial charge in [0.25, 0.3) is 17.9 Å². The minimum Gasteiger partial charge on any atom is -0.377 e. The Labute approximate surface area is 228 Å². The Bertz CT molecular complexity index is 1550. The number of rotatable bonds is 7. The summed E-state index contributed by atoms with van der Waals surface area (Å²) in [4.78, 5) is 18.7. The molecular formula is C26H30F3N9O2. The van der Waals surface area contributed by atoms with Gasteiger partial charge in [0.1, 0.15) is 11.7 Å². The van der Waals surface area contributed by atoms with E-state index in [0.29, 0.717) is 41.2 Å². The second kappa shape index (κ2) is 10.8. The molecule has 14 heteroatoms. The van der Waals surface area contributed by atoms with Crippen molar-refractivity contribution >= 4 is 28.6 Å². The molecule has 11 nitrogen and oxygen atoms in total. The van der Waals surface area contributed by atoms with E-state index in [-0.39, 0.29) is 35.5 Å². The van der Waals surface area contributed by atoms with E-state index >= 15 is 0 Å². The number of hydrogen-bond donors (Lipinski definition) is 2. The monoisotopic (exact) mass is 557 g/mol. The smallest absolute Gasteiger partial charge is 0.291 e. The fourth-order valence-corrected chi connectivity index (χ4v) is 4.52. The average Bonchev–Trinajstić information content (AvgIpc) is 3.63. The number of anilines is 1. The number of hydrogen-bond acceptors (Lipinski definition) is 8. The highest BCUT2D eigenvalue weighted by Crippen LogP contribution is 2.30. The second-order valence-corrected chi connectivity index (χ2v) is 10.8. The zero-order valence-electron chi connectivity index (χ0n) is 22.5. The maximum atomic E-state index is 14.7. The molecule has 1 aliphatic rings. The van der Waals surface area contributed by atoms with Crippen molar-refractivity contribution in [2.24, 2.45) is 0 Å². The lowest BCUT2D eigenvalue weighted by Gasteiger charge is -2.33. The van der Waals surface area contributed by atoms with Gasteiger partial charge in [0, 0.05) is 30.7 Å². The van der Waals surface area contributed by atoms with Crippen LogP contribution in [0.5, 0.6) is 0 Å². The van der Waals surface area contributed by atoms with Gasteiger partial charge in [-0.05, 0) is 45.5 Å². The third kappa shape index (κ3) is 5.71. The second-order valence-electron chi connectivity index (χ2n) is 10.8. The molecule has 0 saturated carbocycles. The van der Waals surface area contributed by atoms with Crippen LogP contribution in [0.1, 0.15) is 49.1 Å². The van der Waals surface area contributed by atoms with Gasteiger partial charge in [-0.25, -0.2) is 4.39 Å². The molecule has 4 aromatic rings. The molecule has 5 rings (SSSR count). The van der Waals surface area contributed by atoms with Crippen molar-refractivity contribution in [3.05, 3.63) is 53.8 Å². The number of benzene rings is 1.